The molecule has 0 fully saturated rings. The lowest BCUT2D eigenvalue weighted by Gasteiger charge is -2.25. The van der Waals surface area contributed by atoms with Crippen molar-refractivity contribution in [2.24, 2.45) is 0 Å². The number of aromatic carboxylic acids is 2. The number of ether oxygens (including phenoxy) is 1. The quantitative estimate of drug-likeness (QED) is 0.264. The van der Waals surface area contributed by atoms with Crippen molar-refractivity contribution in [3.05, 3.63) is 101 Å². The van der Waals surface area contributed by atoms with Gasteiger partial charge in [-0.15, -0.1) is 0 Å². The standard InChI is InChI=1S/C27H22O10/c28-22(29)14-13-19(24(27(35)36)37-18-11-9-17(10-12-18)25(31)32)15-5-7-16(8-6-15)23(30)20-3-1-2-4-21(20)26(33)34/h1-12,19,24H,13-14H2,(H,28,29)(H,31,32)(H,33,34)(H,35,36). The van der Waals surface area contributed by atoms with Crippen LogP contribution in [0.5, 0.6) is 5.75 Å². The molecule has 0 aliphatic carbocycles. The smallest absolute Gasteiger partial charge is 0.345 e. The summed E-state index contributed by atoms with van der Waals surface area (Å²) in [7, 11) is 0. The molecule has 3 aromatic carbocycles. The zero-order valence-corrected chi connectivity index (χ0v) is 19.2. The van der Waals surface area contributed by atoms with Crippen molar-refractivity contribution < 1.29 is 49.1 Å². The number of hydrogen-bond acceptors (Lipinski definition) is 6. The Morgan fingerprint density at radius 2 is 1.24 bits per heavy atom. The molecule has 10 nitrogen and oxygen atoms in total. The second-order valence-corrected chi connectivity index (χ2v) is 8.05. The van der Waals surface area contributed by atoms with Gasteiger partial charge in [0.1, 0.15) is 5.75 Å². The summed E-state index contributed by atoms with van der Waals surface area (Å²) in [6.07, 6.45) is -1.99. The first-order valence-electron chi connectivity index (χ1n) is 11.0. The van der Waals surface area contributed by atoms with Crippen molar-refractivity contribution in [1.82, 2.24) is 0 Å². The van der Waals surface area contributed by atoms with Gasteiger partial charge in [0.2, 0.25) is 6.10 Å². The third kappa shape index (κ3) is 6.57. The summed E-state index contributed by atoms with van der Waals surface area (Å²) in [6, 6.07) is 16.6. The number of benzene rings is 3. The van der Waals surface area contributed by atoms with Crippen molar-refractivity contribution in [2.75, 3.05) is 0 Å². The molecule has 0 heterocycles. The summed E-state index contributed by atoms with van der Waals surface area (Å²) in [5.41, 5.74) is 0.350. The SMILES string of the molecule is O=C(O)CCC(c1ccc(C(=O)c2ccccc2C(=O)O)cc1)C(Oc1ccc(C(=O)O)cc1)C(=O)O. The Balaban J connectivity index is 1.92. The minimum Gasteiger partial charge on any atom is -0.481 e. The molecule has 190 valence electrons. The summed E-state index contributed by atoms with van der Waals surface area (Å²) in [5, 5.41) is 37.4. The third-order valence-electron chi connectivity index (χ3n) is 5.65. The molecular weight excluding hydrogens is 484 g/mol. The van der Waals surface area contributed by atoms with Crippen LogP contribution in [0.4, 0.5) is 0 Å². The van der Waals surface area contributed by atoms with E-state index in [1.165, 1.54) is 72.8 Å². The van der Waals surface area contributed by atoms with Gasteiger partial charge >= 0.3 is 23.9 Å². The third-order valence-corrected chi connectivity index (χ3v) is 5.65. The summed E-state index contributed by atoms with van der Waals surface area (Å²) in [4.78, 5) is 58.8. The normalized spacial score (nSPS) is 12.2. The highest BCUT2D eigenvalue weighted by Gasteiger charge is 2.32. The molecule has 0 spiro atoms. The highest BCUT2D eigenvalue weighted by molar-refractivity contribution is 6.14. The molecule has 0 bridgehead atoms. The van der Waals surface area contributed by atoms with E-state index in [2.05, 4.69) is 0 Å². The van der Waals surface area contributed by atoms with E-state index in [1.54, 1.807) is 0 Å². The van der Waals surface area contributed by atoms with Crippen LogP contribution >= 0.6 is 0 Å². The van der Waals surface area contributed by atoms with Gasteiger partial charge < -0.3 is 25.2 Å². The van der Waals surface area contributed by atoms with E-state index in [0.717, 1.165) is 0 Å². The molecule has 3 rings (SSSR count). The topological polar surface area (TPSA) is 175 Å². The van der Waals surface area contributed by atoms with E-state index in [9.17, 15) is 39.3 Å². The van der Waals surface area contributed by atoms with Crippen LogP contribution in [0.1, 0.15) is 61.0 Å². The van der Waals surface area contributed by atoms with Gasteiger partial charge in [0.25, 0.3) is 0 Å². The lowest BCUT2D eigenvalue weighted by molar-refractivity contribution is -0.147. The highest BCUT2D eigenvalue weighted by Crippen LogP contribution is 2.30. The van der Waals surface area contributed by atoms with Crippen molar-refractivity contribution in [3.8, 4) is 5.75 Å². The van der Waals surface area contributed by atoms with Gasteiger partial charge in [-0.3, -0.25) is 9.59 Å². The molecule has 0 saturated heterocycles. The van der Waals surface area contributed by atoms with E-state index >= 15 is 0 Å². The van der Waals surface area contributed by atoms with E-state index in [4.69, 9.17) is 9.84 Å². The van der Waals surface area contributed by atoms with Crippen molar-refractivity contribution >= 4 is 29.7 Å². The number of carbonyl (C=O) groups is 5. The molecule has 2 unspecified atom stereocenters. The maximum absolute atomic E-state index is 12.9. The van der Waals surface area contributed by atoms with E-state index in [0.29, 0.717) is 5.56 Å². The molecule has 0 aliphatic heterocycles. The number of aliphatic carboxylic acids is 2. The van der Waals surface area contributed by atoms with Gasteiger partial charge in [0, 0.05) is 23.5 Å². The lowest BCUT2D eigenvalue weighted by atomic mass is 9.87. The number of ketones is 1. The van der Waals surface area contributed by atoms with Crippen LogP contribution in [-0.2, 0) is 9.59 Å². The second kappa shape index (κ2) is 11.6. The molecule has 4 N–H and O–H groups in total. The number of carbonyl (C=O) groups excluding carboxylic acids is 1. The van der Waals surface area contributed by atoms with Crippen LogP contribution in [0.15, 0.2) is 72.8 Å². The van der Waals surface area contributed by atoms with Gasteiger partial charge in [-0.05, 0) is 42.3 Å². The predicted octanol–water partition coefficient (Wildman–Crippen LogP) is 3.79. The average Bonchev–Trinajstić information content (AvgIpc) is 2.88. The van der Waals surface area contributed by atoms with Crippen molar-refractivity contribution in [2.45, 2.75) is 24.9 Å². The Kier molecular flexibility index (Phi) is 8.36. The molecule has 0 saturated carbocycles. The Hall–Kier alpha value is -4.99. The van der Waals surface area contributed by atoms with Crippen LogP contribution in [0.25, 0.3) is 0 Å². The highest BCUT2D eigenvalue weighted by atomic mass is 16.5. The Morgan fingerprint density at radius 1 is 0.676 bits per heavy atom. The van der Waals surface area contributed by atoms with E-state index < -0.39 is 41.7 Å². The molecule has 37 heavy (non-hydrogen) atoms. The maximum Gasteiger partial charge on any atom is 0.345 e. The number of carboxylic acid groups (broad SMARTS) is 4. The van der Waals surface area contributed by atoms with E-state index in [-0.39, 0.29) is 40.8 Å². The summed E-state index contributed by atoms with van der Waals surface area (Å²) >= 11 is 0. The first kappa shape index (κ1) is 26.6. The maximum atomic E-state index is 12.9. The molecule has 10 heteroatoms. The largest absolute Gasteiger partial charge is 0.481 e. The molecule has 3 aromatic rings. The van der Waals surface area contributed by atoms with Gasteiger partial charge in [0.15, 0.2) is 5.78 Å². The zero-order valence-electron chi connectivity index (χ0n) is 19.2. The zero-order chi connectivity index (χ0) is 27.1. The van der Waals surface area contributed by atoms with Gasteiger partial charge in [-0.2, -0.15) is 0 Å². The van der Waals surface area contributed by atoms with Crippen LogP contribution < -0.4 is 4.74 Å². The fourth-order valence-corrected chi connectivity index (χ4v) is 3.80. The van der Waals surface area contributed by atoms with Crippen LogP contribution in [0.2, 0.25) is 0 Å². The van der Waals surface area contributed by atoms with Crippen molar-refractivity contribution in [1.29, 1.82) is 0 Å². The average molecular weight is 506 g/mol. The fraction of sp³-hybridized carbons (Fsp3) is 0.148. The molecule has 0 amide bonds. The van der Waals surface area contributed by atoms with E-state index in [1.807, 2.05) is 0 Å². The minimum atomic E-state index is -1.52. The summed E-state index contributed by atoms with van der Waals surface area (Å²) in [5.74, 6) is -6.34. The Bertz CT molecular complexity index is 1330. The van der Waals surface area contributed by atoms with Crippen LogP contribution in [0, 0.1) is 0 Å². The molecular formula is C27H22O10. The van der Waals surface area contributed by atoms with Gasteiger partial charge in [0.05, 0.1) is 11.1 Å². The first-order chi connectivity index (χ1) is 17.6. The van der Waals surface area contributed by atoms with Crippen LogP contribution in [0.3, 0.4) is 0 Å². The van der Waals surface area contributed by atoms with Crippen LogP contribution in [-0.4, -0.2) is 56.2 Å². The molecule has 0 radical (unpaired) electrons. The van der Waals surface area contributed by atoms with Crippen molar-refractivity contribution in [3.63, 3.8) is 0 Å². The number of rotatable bonds is 12. The second-order valence-electron chi connectivity index (χ2n) is 8.05. The van der Waals surface area contributed by atoms with Gasteiger partial charge in [-0.1, -0.05) is 42.5 Å². The van der Waals surface area contributed by atoms with Gasteiger partial charge in [-0.25, -0.2) is 14.4 Å². The molecule has 2 atom stereocenters. The summed E-state index contributed by atoms with van der Waals surface area (Å²) in [6.45, 7) is 0. The molecule has 0 aliphatic rings. The minimum absolute atomic E-state index is 0.0123. The lowest BCUT2D eigenvalue weighted by Crippen LogP contribution is -2.34. The molecule has 0 aromatic heterocycles. The Labute approximate surface area is 210 Å². The monoisotopic (exact) mass is 506 g/mol. The first-order valence-corrected chi connectivity index (χ1v) is 11.0. The number of carboxylic acids is 4. The number of hydrogen-bond donors (Lipinski definition) is 4. The predicted molar refractivity (Wildman–Crippen MR) is 128 cm³/mol. The Morgan fingerprint density at radius 3 is 1.76 bits per heavy atom. The summed E-state index contributed by atoms with van der Waals surface area (Å²) < 4.78 is 5.63. The fourth-order valence-electron chi connectivity index (χ4n) is 3.80.